The van der Waals surface area contributed by atoms with Gasteiger partial charge in [0.15, 0.2) is 0 Å². The molecule has 11 heteroatoms. The molecule has 1 saturated heterocycles. The normalized spacial score (nSPS) is 16.8. The molecule has 0 bridgehead atoms. The molecule has 1 aliphatic heterocycles. The van der Waals surface area contributed by atoms with Crippen LogP contribution in [0.1, 0.15) is 57.9 Å². The molecule has 2 aromatic rings. The number of nitrogens with zero attached hydrogens (tertiary/aromatic N) is 1. The lowest BCUT2D eigenvalue weighted by atomic mass is 10.0. The molecule has 38 heavy (non-hydrogen) atoms. The molecule has 0 radical (unpaired) electrons. The van der Waals surface area contributed by atoms with Crippen LogP contribution in [-0.2, 0) is 30.4 Å². The molecule has 6 N–H and O–H groups in total. The Hall–Kier alpha value is -3.89. The summed E-state index contributed by atoms with van der Waals surface area (Å²) in [7, 11) is 0. The number of hydrogen-bond donors (Lipinski definition) is 5. The molecule has 1 aliphatic rings. The summed E-state index contributed by atoms with van der Waals surface area (Å²) in [5, 5.41) is 15.3. The predicted octanol–water partition coefficient (Wildman–Crippen LogP) is 1.46. The SMILES string of the molecule is CC(C)C[C@H](NC(=O)[C@@H](CCC(=O)O)NC(=O)[C@@H]1CCCN1C(=O)CCc1c[nH]c2ccccc12)C(N)=O. The van der Waals surface area contributed by atoms with Crippen LogP contribution in [0, 0.1) is 5.92 Å². The van der Waals surface area contributed by atoms with Gasteiger partial charge < -0.3 is 31.4 Å². The van der Waals surface area contributed by atoms with Gasteiger partial charge in [0.2, 0.25) is 23.6 Å². The van der Waals surface area contributed by atoms with Crippen LogP contribution in [0.25, 0.3) is 10.9 Å². The lowest BCUT2D eigenvalue weighted by Crippen LogP contribution is -2.56. The number of aromatic amines is 1. The number of amides is 4. The van der Waals surface area contributed by atoms with Crippen molar-refractivity contribution in [3.8, 4) is 0 Å². The second kappa shape index (κ2) is 13.1. The maximum Gasteiger partial charge on any atom is 0.303 e. The number of nitrogens with two attached hydrogens (primary N) is 1. The first-order valence-corrected chi connectivity index (χ1v) is 13.0. The van der Waals surface area contributed by atoms with Gasteiger partial charge in [-0.2, -0.15) is 0 Å². The number of fused-ring (bicyclic) bond motifs is 1. The Morgan fingerprint density at radius 3 is 2.53 bits per heavy atom. The van der Waals surface area contributed by atoms with E-state index in [9.17, 15) is 24.0 Å². The molecule has 1 aromatic carbocycles. The van der Waals surface area contributed by atoms with Gasteiger partial charge in [-0.3, -0.25) is 24.0 Å². The standard InChI is InChI=1S/C27H37N5O6/c1-16(2)14-21(25(28)36)31-26(37)20(10-12-24(34)35)30-27(38)22-8-5-13-32(22)23(33)11-9-17-15-29-19-7-4-3-6-18(17)19/h3-4,6-7,15-16,20-22,29H,5,8-14H2,1-2H3,(H2,28,36)(H,30,38)(H,31,37)(H,34,35)/t20-,21+,22+/m1/s1. The fourth-order valence-electron chi connectivity index (χ4n) is 4.86. The van der Waals surface area contributed by atoms with Crippen LogP contribution in [0.2, 0.25) is 0 Å². The number of carboxylic acids is 1. The number of benzene rings is 1. The highest BCUT2D eigenvalue weighted by atomic mass is 16.4. The molecular formula is C27H37N5O6. The number of aliphatic carboxylic acids is 1. The van der Waals surface area contributed by atoms with Crippen molar-refractivity contribution < 1.29 is 29.1 Å². The fraction of sp³-hybridized carbons (Fsp3) is 0.519. The van der Waals surface area contributed by atoms with Crippen LogP contribution in [0.15, 0.2) is 30.5 Å². The smallest absolute Gasteiger partial charge is 0.303 e. The minimum atomic E-state index is -1.18. The van der Waals surface area contributed by atoms with Gasteiger partial charge in [0.1, 0.15) is 18.1 Å². The monoisotopic (exact) mass is 527 g/mol. The van der Waals surface area contributed by atoms with Gasteiger partial charge in [0, 0.05) is 36.5 Å². The van der Waals surface area contributed by atoms with Gasteiger partial charge in [-0.15, -0.1) is 0 Å². The molecule has 0 spiro atoms. The molecule has 1 fully saturated rings. The van der Waals surface area contributed by atoms with E-state index in [0.717, 1.165) is 16.5 Å². The first-order chi connectivity index (χ1) is 18.1. The van der Waals surface area contributed by atoms with Crippen molar-refractivity contribution >= 4 is 40.5 Å². The summed E-state index contributed by atoms with van der Waals surface area (Å²) in [6.45, 7) is 4.17. The van der Waals surface area contributed by atoms with Gasteiger partial charge in [0.25, 0.3) is 0 Å². The number of primary amides is 1. The van der Waals surface area contributed by atoms with Crippen molar-refractivity contribution in [3.63, 3.8) is 0 Å². The third kappa shape index (κ3) is 7.56. The Labute approximate surface area is 221 Å². The second-order valence-corrected chi connectivity index (χ2v) is 10.2. The largest absolute Gasteiger partial charge is 0.481 e. The van der Waals surface area contributed by atoms with E-state index >= 15 is 0 Å². The molecule has 3 rings (SSSR count). The highest BCUT2D eigenvalue weighted by Gasteiger charge is 2.36. The first kappa shape index (κ1) is 28.7. The molecule has 4 amide bonds. The van der Waals surface area contributed by atoms with E-state index in [1.54, 1.807) is 0 Å². The summed E-state index contributed by atoms with van der Waals surface area (Å²) in [6.07, 6.45) is 3.49. The number of carbonyl (C=O) groups excluding carboxylic acids is 4. The average Bonchev–Trinajstić information content (AvgIpc) is 3.51. The van der Waals surface area contributed by atoms with Gasteiger partial charge in [-0.25, -0.2) is 0 Å². The van der Waals surface area contributed by atoms with E-state index in [0.29, 0.717) is 32.2 Å². The number of nitrogens with one attached hydrogen (secondary N) is 3. The van der Waals surface area contributed by atoms with Gasteiger partial charge >= 0.3 is 5.97 Å². The zero-order chi connectivity index (χ0) is 27.8. The van der Waals surface area contributed by atoms with Crippen LogP contribution in [0.3, 0.4) is 0 Å². The van der Waals surface area contributed by atoms with Crippen molar-refractivity contribution in [2.45, 2.75) is 76.9 Å². The minimum Gasteiger partial charge on any atom is -0.481 e. The summed E-state index contributed by atoms with van der Waals surface area (Å²) in [5.74, 6) is -3.13. The predicted molar refractivity (Wildman–Crippen MR) is 141 cm³/mol. The van der Waals surface area contributed by atoms with Crippen LogP contribution in [-0.4, -0.2) is 69.3 Å². The number of likely N-dealkylation sites (tertiary alicyclic amines) is 1. The average molecular weight is 528 g/mol. The van der Waals surface area contributed by atoms with E-state index in [2.05, 4.69) is 15.6 Å². The molecule has 3 atom stereocenters. The number of aryl methyl sites for hydroxylation is 1. The number of rotatable bonds is 13. The van der Waals surface area contributed by atoms with E-state index in [4.69, 9.17) is 10.8 Å². The third-order valence-corrected chi connectivity index (χ3v) is 6.81. The zero-order valence-electron chi connectivity index (χ0n) is 21.9. The summed E-state index contributed by atoms with van der Waals surface area (Å²) in [4.78, 5) is 66.9. The van der Waals surface area contributed by atoms with Crippen molar-refractivity contribution in [1.29, 1.82) is 0 Å². The van der Waals surface area contributed by atoms with Crippen molar-refractivity contribution in [3.05, 3.63) is 36.0 Å². The van der Waals surface area contributed by atoms with Gasteiger partial charge in [0.05, 0.1) is 0 Å². The molecule has 2 heterocycles. The Morgan fingerprint density at radius 1 is 1.11 bits per heavy atom. The summed E-state index contributed by atoms with van der Waals surface area (Å²) in [5.41, 5.74) is 7.43. The highest BCUT2D eigenvalue weighted by Crippen LogP contribution is 2.22. The van der Waals surface area contributed by atoms with Crippen LogP contribution in [0.4, 0.5) is 0 Å². The molecule has 0 aliphatic carbocycles. The maximum atomic E-state index is 13.2. The van der Waals surface area contributed by atoms with E-state index < -0.39 is 41.8 Å². The molecular weight excluding hydrogens is 490 g/mol. The molecule has 1 aromatic heterocycles. The molecule has 0 unspecified atom stereocenters. The number of H-pyrrole nitrogens is 1. The van der Waals surface area contributed by atoms with Crippen LogP contribution >= 0.6 is 0 Å². The van der Waals surface area contributed by atoms with Crippen molar-refractivity contribution in [1.82, 2.24) is 20.5 Å². The number of carbonyl (C=O) groups is 5. The Bertz CT molecular complexity index is 1180. The summed E-state index contributed by atoms with van der Waals surface area (Å²) < 4.78 is 0. The molecule has 0 saturated carbocycles. The molecule has 11 nitrogen and oxygen atoms in total. The topological polar surface area (TPSA) is 175 Å². The van der Waals surface area contributed by atoms with Gasteiger partial charge in [-0.1, -0.05) is 32.0 Å². The lowest BCUT2D eigenvalue weighted by Gasteiger charge is -2.27. The Balaban J connectivity index is 1.64. The number of carboxylic acid groups (broad SMARTS) is 1. The first-order valence-electron chi connectivity index (χ1n) is 13.0. The molecule has 206 valence electrons. The van der Waals surface area contributed by atoms with Crippen LogP contribution in [0.5, 0.6) is 0 Å². The van der Waals surface area contributed by atoms with Gasteiger partial charge in [-0.05, 0) is 49.7 Å². The highest BCUT2D eigenvalue weighted by molar-refractivity contribution is 5.94. The van der Waals surface area contributed by atoms with Crippen molar-refractivity contribution in [2.24, 2.45) is 11.7 Å². The third-order valence-electron chi connectivity index (χ3n) is 6.81. The maximum absolute atomic E-state index is 13.2. The van der Waals surface area contributed by atoms with Crippen molar-refractivity contribution in [2.75, 3.05) is 6.54 Å². The number of aromatic nitrogens is 1. The summed E-state index contributed by atoms with van der Waals surface area (Å²) in [6, 6.07) is 4.94. The summed E-state index contributed by atoms with van der Waals surface area (Å²) >= 11 is 0. The number of para-hydroxylation sites is 1. The minimum absolute atomic E-state index is 0.0715. The quantitative estimate of drug-likeness (QED) is 0.263. The fourth-order valence-corrected chi connectivity index (χ4v) is 4.86. The lowest BCUT2D eigenvalue weighted by molar-refractivity contribution is -0.140. The van der Waals surface area contributed by atoms with E-state index in [1.807, 2.05) is 44.3 Å². The zero-order valence-corrected chi connectivity index (χ0v) is 21.9. The number of hydrogen-bond acceptors (Lipinski definition) is 5. The second-order valence-electron chi connectivity index (χ2n) is 10.2. The Kier molecular flexibility index (Phi) is 9.86. The Morgan fingerprint density at radius 2 is 1.84 bits per heavy atom. The van der Waals surface area contributed by atoms with E-state index in [-0.39, 0.29) is 31.1 Å². The van der Waals surface area contributed by atoms with Crippen LogP contribution < -0.4 is 16.4 Å². The van der Waals surface area contributed by atoms with E-state index in [1.165, 1.54) is 4.90 Å².